The second-order valence-corrected chi connectivity index (χ2v) is 30.9. The van der Waals surface area contributed by atoms with Gasteiger partial charge >= 0.3 is 5.69 Å². The number of benzene rings is 9. The standard InChI is InChI=1S/C21H20F2N4O.C19H14F3N3O.C19H19FN4OS.C16H10F3N3O2.C16H12F3N3/c1-24-12-21(8-9-21)20(28)25-19-10-14-17(26-27-18(14)11-16(19)23)7-6-13-4-2-3-5-15(13)22;20-13-5-1-10(7-14(13)21)2-6-16-12-8-18(23-19(26)11-3-4-11)15(22)9-17(12)25-24-16;1-21-11-19(6-7-19)18(25)22-17-9-13-15(5-4-12-3-2-8-26-12)23-24-16(13)10-14(17)20;1-21-15-8-13(19)16(22(23)24)7-10(15)14(20-21)5-3-9-2-4-11(17)12(18)6-9;1-22-16-8-13(19)14(20)7-10(16)15(21-22)5-3-9-2-4-11(17)12(18)6-9/h2-7,10-11,24H,8-9,12H2,1H3,(H,25,28)(H,26,27);1-2,5-9,11H,3-4H2,(H,23,26)(H,24,25);2-5,8-10,21H,6-7,11H2,1H3,(H,22,25)(H,23,24);2-8H,1H3;2-8H,20H2,1H3/b7-6+;6-2+;5-4+;2*5-3+. The van der Waals surface area contributed by atoms with Crippen molar-refractivity contribution in [2.75, 3.05) is 48.9 Å². The summed E-state index contributed by atoms with van der Waals surface area (Å²) in [4.78, 5) is 48.1. The van der Waals surface area contributed by atoms with Gasteiger partial charge in [-0.3, -0.25) is 49.2 Å². The van der Waals surface area contributed by atoms with Crippen molar-refractivity contribution in [1.82, 2.24) is 60.8 Å². The minimum absolute atomic E-state index is 0.0305. The Labute approximate surface area is 712 Å². The van der Waals surface area contributed by atoms with Gasteiger partial charge in [-0.05, 0) is 190 Å². The van der Waals surface area contributed by atoms with Crippen LogP contribution >= 0.6 is 11.3 Å². The van der Waals surface area contributed by atoms with E-state index in [1.807, 2.05) is 36.7 Å². The number of amides is 3. The Morgan fingerprint density at radius 2 is 0.865 bits per heavy atom. The van der Waals surface area contributed by atoms with Gasteiger partial charge in [0.2, 0.25) is 23.5 Å². The van der Waals surface area contributed by atoms with Crippen molar-refractivity contribution in [3.05, 3.63) is 293 Å². The maximum absolute atomic E-state index is 14.4. The van der Waals surface area contributed by atoms with E-state index in [1.165, 1.54) is 82.2 Å². The molecule has 3 aliphatic carbocycles. The Morgan fingerprint density at radius 1 is 0.452 bits per heavy atom. The Kier molecular flexibility index (Phi) is 26.2. The van der Waals surface area contributed by atoms with Crippen LogP contribution in [0.5, 0.6) is 0 Å². The number of thiophene rings is 1. The number of H-pyrrole nitrogens is 3. The van der Waals surface area contributed by atoms with E-state index < -0.39 is 85.4 Å². The number of halogens is 12. The van der Waals surface area contributed by atoms with Crippen LogP contribution in [0.3, 0.4) is 0 Å². The number of carbonyl (C=O) groups is 3. The first kappa shape index (κ1) is 87.8. The normalized spacial score (nSPS) is 13.8. The zero-order chi connectivity index (χ0) is 89.4. The highest BCUT2D eigenvalue weighted by molar-refractivity contribution is 7.10. The molecule has 0 unspecified atom stereocenters. The van der Waals surface area contributed by atoms with E-state index in [1.54, 1.807) is 99.3 Å². The van der Waals surface area contributed by atoms with E-state index >= 15 is 0 Å². The fourth-order valence-electron chi connectivity index (χ4n) is 13.6. The zero-order valence-corrected chi connectivity index (χ0v) is 68.0. The molecular weight excluding hydrogens is 1670 g/mol. The molecule has 0 radical (unpaired) electrons. The van der Waals surface area contributed by atoms with Crippen molar-refractivity contribution in [1.29, 1.82) is 0 Å². The number of nitrogen functional groups attached to an aromatic ring is 1. The fourth-order valence-corrected chi connectivity index (χ4v) is 14.2. The van der Waals surface area contributed by atoms with Crippen molar-refractivity contribution in [2.24, 2.45) is 30.8 Å². The van der Waals surface area contributed by atoms with Crippen LogP contribution in [0, 0.1) is 96.7 Å². The highest BCUT2D eigenvalue weighted by atomic mass is 32.1. The number of anilines is 4. The van der Waals surface area contributed by atoms with Crippen molar-refractivity contribution in [3.63, 3.8) is 0 Å². The van der Waals surface area contributed by atoms with E-state index in [4.69, 9.17) is 5.73 Å². The van der Waals surface area contributed by atoms with Crippen LogP contribution in [0.4, 0.5) is 81.1 Å². The van der Waals surface area contributed by atoms with Crippen LogP contribution in [-0.4, -0.2) is 100.0 Å². The average Bonchev–Trinajstić information content (AvgIpc) is 1.62. The number of hydrogen-bond donors (Lipinski definition) is 9. The van der Waals surface area contributed by atoms with Gasteiger partial charge in [0.25, 0.3) is 0 Å². The van der Waals surface area contributed by atoms with Gasteiger partial charge in [0.05, 0.1) is 94.6 Å². The summed E-state index contributed by atoms with van der Waals surface area (Å²) in [5.41, 5.74) is 11.5. The molecule has 644 valence electrons. The van der Waals surface area contributed by atoms with Crippen LogP contribution < -0.4 is 32.3 Å². The smallest absolute Gasteiger partial charge is 0.305 e. The molecule has 3 fully saturated rings. The molecule has 3 saturated carbocycles. The van der Waals surface area contributed by atoms with Crippen LogP contribution in [0.15, 0.2) is 157 Å². The maximum Gasteiger partial charge on any atom is 0.305 e. The van der Waals surface area contributed by atoms with Gasteiger partial charge < -0.3 is 32.3 Å². The van der Waals surface area contributed by atoms with E-state index in [2.05, 4.69) is 67.4 Å². The number of fused-ring (bicyclic) bond motifs is 5. The maximum atomic E-state index is 14.4. The van der Waals surface area contributed by atoms with Crippen LogP contribution in [0.25, 0.3) is 115 Å². The van der Waals surface area contributed by atoms with E-state index in [9.17, 15) is 77.2 Å². The summed E-state index contributed by atoms with van der Waals surface area (Å²) in [6, 6.07) is 34.5. The topological polar surface area (TPSA) is 302 Å². The zero-order valence-electron chi connectivity index (χ0n) is 67.2. The molecule has 9 aromatic carbocycles. The third-order valence-corrected chi connectivity index (χ3v) is 21.8. The molecule has 3 amide bonds. The molecule has 6 heterocycles. The second kappa shape index (κ2) is 37.6. The summed E-state index contributed by atoms with van der Waals surface area (Å²) in [7, 11) is 6.87. The molecule has 35 heteroatoms. The molecule has 0 bridgehead atoms. The Hall–Kier alpha value is -14.6. The molecule has 6 aromatic heterocycles. The second-order valence-electron chi connectivity index (χ2n) is 30.0. The largest absolute Gasteiger partial charge is 0.396 e. The molecule has 22 nitrogen and oxygen atoms in total. The van der Waals surface area contributed by atoms with Crippen molar-refractivity contribution >= 4 is 173 Å². The number of nitrogens with one attached hydrogen (secondary N) is 8. The Bertz CT molecular complexity index is 6860. The highest BCUT2D eigenvalue weighted by Gasteiger charge is 2.50. The summed E-state index contributed by atoms with van der Waals surface area (Å²) < 4.78 is 165. The van der Waals surface area contributed by atoms with Gasteiger partial charge in [-0.25, -0.2) is 48.3 Å². The van der Waals surface area contributed by atoms with Crippen LogP contribution in [0.2, 0.25) is 0 Å². The molecule has 15 aromatic rings. The summed E-state index contributed by atoms with van der Waals surface area (Å²) >= 11 is 1.63. The van der Waals surface area contributed by atoms with E-state index in [0.717, 1.165) is 97.3 Å². The molecule has 0 atom stereocenters. The number of rotatable bonds is 21. The predicted molar refractivity (Wildman–Crippen MR) is 465 cm³/mol. The lowest BCUT2D eigenvalue weighted by atomic mass is 10.1. The SMILES string of the molecule is CNCC1(C(=O)Nc2cc3c(/C=C/c4ccccc4F)n[nH]c3cc2F)CC1.CNCC1(C(=O)Nc2cc3c(/C=C/c4cccs4)n[nH]c3cc2F)CC1.Cn1nc(/C=C/c2ccc(F)c(F)c2)c2cc(N)c(F)cc21.Cn1nc(/C=C/c2ccc(F)c(F)c2)c2cc([N+](=O)[O-])c(F)cc21.O=C(Nc1cc2c(/C=C/c3ccc(F)c(F)c3)n[nH]c2cc1F)C1CC1. The molecule has 0 saturated heterocycles. The lowest BCUT2D eigenvalue weighted by Crippen LogP contribution is -2.32. The van der Waals surface area contributed by atoms with Gasteiger partial charge in [0.15, 0.2) is 34.9 Å². The number of nitrogens with zero attached hydrogens (tertiary/aromatic N) is 8. The number of hydrogen-bond acceptors (Lipinski definition) is 14. The van der Waals surface area contributed by atoms with Gasteiger partial charge in [-0.15, -0.1) is 11.3 Å². The first-order chi connectivity index (χ1) is 60.5. The van der Waals surface area contributed by atoms with Crippen LogP contribution in [0.1, 0.15) is 94.1 Å². The Balaban J connectivity index is 0.000000128. The summed E-state index contributed by atoms with van der Waals surface area (Å²) in [6.45, 7) is 1.16. The number of carbonyl (C=O) groups excluding carboxylic acids is 3. The Morgan fingerprint density at radius 3 is 1.27 bits per heavy atom. The minimum atomic E-state index is -0.985. The number of nitro benzene ring substituents is 1. The quantitative estimate of drug-likeness (QED) is 0.0140. The molecule has 10 N–H and O–H groups in total. The summed E-state index contributed by atoms with van der Waals surface area (Å²) in [5, 5.41) is 59.3. The summed E-state index contributed by atoms with van der Waals surface area (Å²) in [6.07, 6.45) is 21.4. The third-order valence-electron chi connectivity index (χ3n) is 21.0. The van der Waals surface area contributed by atoms with Crippen molar-refractivity contribution in [2.45, 2.75) is 38.5 Å². The van der Waals surface area contributed by atoms with Gasteiger partial charge in [-0.2, -0.15) is 29.9 Å². The first-order valence-electron chi connectivity index (χ1n) is 39.0. The first-order valence-corrected chi connectivity index (χ1v) is 39.9. The fraction of sp³-hybridized carbons (Fsp3) is 0.165. The predicted octanol–water partition coefficient (Wildman–Crippen LogP) is 20.1. The van der Waals surface area contributed by atoms with Gasteiger partial charge in [0, 0.05) is 107 Å². The number of aromatic amines is 3. The molecule has 126 heavy (non-hydrogen) atoms. The molecule has 0 spiro atoms. The van der Waals surface area contributed by atoms with E-state index in [-0.39, 0.29) is 52.2 Å². The number of aromatic nitrogens is 10. The molecule has 0 aliphatic heterocycles. The van der Waals surface area contributed by atoms with Gasteiger partial charge in [-0.1, -0.05) is 60.7 Å². The lowest BCUT2D eigenvalue weighted by molar-refractivity contribution is -0.387. The van der Waals surface area contributed by atoms with Crippen LogP contribution in [-0.2, 0) is 28.5 Å². The number of nitro groups is 1. The third kappa shape index (κ3) is 20.3. The highest BCUT2D eigenvalue weighted by Crippen LogP contribution is 2.48. The summed E-state index contributed by atoms with van der Waals surface area (Å²) in [5.74, 6) is -9.51. The van der Waals surface area contributed by atoms with E-state index in [0.29, 0.717) is 113 Å². The molecule has 3 aliphatic rings. The monoisotopic (exact) mass is 1750 g/mol. The number of nitrogens with two attached hydrogens (primary N) is 1. The van der Waals surface area contributed by atoms with Crippen molar-refractivity contribution < 1.29 is 72.0 Å². The molecular formula is C91H75F12N17O5S. The average molecular weight is 1750 g/mol. The van der Waals surface area contributed by atoms with Gasteiger partial charge in [0.1, 0.15) is 29.1 Å². The lowest BCUT2D eigenvalue weighted by Gasteiger charge is -2.15. The molecule has 18 rings (SSSR count). The van der Waals surface area contributed by atoms with Crippen molar-refractivity contribution in [3.8, 4) is 0 Å². The minimum Gasteiger partial charge on any atom is -0.396 e. The number of aryl methyl sites for hydroxylation is 2.